The minimum atomic E-state index is -0.565. The molecule has 3 rings (SSSR count). The number of carbonyl (C=O) groups is 3. The van der Waals surface area contributed by atoms with Crippen LogP contribution in [0, 0.1) is 5.92 Å². The number of cyclic esters (lactones) is 1. The first-order valence-electron chi connectivity index (χ1n) is 6.94. The van der Waals surface area contributed by atoms with Crippen LogP contribution in [0.25, 0.3) is 0 Å². The van der Waals surface area contributed by atoms with E-state index in [4.69, 9.17) is 4.74 Å². The van der Waals surface area contributed by atoms with Gasteiger partial charge < -0.3 is 9.64 Å². The van der Waals surface area contributed by atoms with Gasteiger partial charge in [-0.05, 0) is 19.3 Å². The molecule has 0 N–H and O–H groups in total. The van der Waals surface area contributed by atoms with Gasteiger partial charge in [-0.3, -0.25) is 9.59 Å². The third-order valence-electron chi connectivity index (χ3n) is 4.33. The molecule has 1 aliphatic carbocycles. The van der Waals surface area contributed by atoms with Crippen LogP contribution >= 0.6 is 0 Å². The number of carbonyl (C=O) groups excluding carboxylic acids is 3. The quantitative estimate of drug-likeness (QED) is 0.740. The Morgan fingerprint density at radius 1 is 1.16 bits per heavy atom. The molecule has 1 atom stereocenters. The normalized spacial score (nSPS) is 28.3. The maximum atomic E-state index is 12.3. The second kappa shape index (κ2) is 4.83. The molecule has 19 heavy (non-hydrogen) atoms. The molecule has 0 aromatic heterocycles. The summed E-state index contributed by atoms with van der Waals surface area (Å²) in [6.07, 6.45) is 4.31. The highest BCUT2D eigenvalue weighted by molar-refractivity contribution is 5.98. The molecule has 2 aliphatic heterocycles. The molecule has 1 saturated carbocycles. The summed E-state index contributed by atoms with van der Waals surface area (Å²) in [4.78, 5) is 38.3. The van der Waals surface area contributed by atoms with Crippen LogP contribution in [0.5, 0.6) is 0 Å². The summed E-state index contributed by atoms with van der Waals surface area (Å²) in [6, 6.07) is -0.201. The zero-order valence-corrected chi connectivity index (χ0v) is 10.8. The molecule has 3 aliphatic rings. The van der Waals surface area contributed by atoms with Gasteiger partial charge in [0.1, 0.15) is 0 Å². The van der Waals surface area contributed by atoms with Crippen LogP contribution in [0.15, 0.2) is 0 Å². The fraction of sp³-hybridized carbons (Fsp3) is 0.769. The zero-order valence-electron chi connectivity index (χ0n) is 10.8. The summed E-state index contributed by atoms with van der Waals surface area (Å²) in [5.74, 6) is 0.0603. The van der Waals surface area contributed by atoms with E-state index >= 15 is 0 Å². The SMILES string of the molecule is O=C(C1CCCC1)N1CC[C@@H](N2C(=O)COC2=O)C1. The first-order chi connectivity index (χ1) is 9.16. The molecule has 104 valence electrons. The van der Waals surface area contributed by atoms with Gasteiger partial charge in [0.15, 0.2) is 6.61 Å². The van der Waals surface area contributed by atoms with Crippen LogP contribution in [0.1, 0.15) is 32.1 Å². The second-order valence-corrected chi connectivity index (χ2v) is 5.53. The molecular formula is C13H18N2O4. The topological polar surface area (TPSA) is 66.9 Å². The number of nitrogens with zero attached hydrogens (tertiary/aromatic N) is 2. The predicted octanol–water partition coefficient (Wildman–Crippen LogP) is 0.756. The average molecular weight is 266 g/mol. The molecule has 6 heteroatoms. The van der Waals surface area contributed by atoms with E-state index in [-0.39, 0.29) is 30.4 Å². The third-order valence-corrected chi connectivity index (χ3v) is 4.33. The number of ether oxygens (including phenoxy) is 1. The van der Waals surface area contributed by atoms with E-state index in [0.29, 0.717) is 19.5 Å². The molecule has 6 nitrogen and oxygen atoms in total. The second-order valence-electron chi connectivity index (χ2n) is 5.53. The number of hydrogen-bond acceptors (Lipinski definition) is 4. The molecule has 0 bridgehead atoms. The molecule has 0 radical (unpaired) electrons. The van der Waals surface area contributed by atoms with Crippen LogP contribution < -0.4 is 0 Å². The molecule has 0 aromatic carbocycles. The van der Waals surface area contributed by atoms with Gasteiger partial charge in [0, 0.05) is 19.0 Å². The first-order valence-corrected chi connectivity index (χ1v) is 6.94. The fourth-order valence-corrected chi connectivity index (χ4v) is 3.30. The van der Waals surface area contributed by atoms with Crippen molar-refractivity contribution in [3.8, 4) is 0 Å². The van der Waals surface area contributed by atoms with Gasteiger partial charge in [-0.2, -0.15) is 0 Å². The Labute approximate surface area is 111 Å². The molecule has 3 fully saturated rings. The summed E-state index contributed by atoms with van der Waals surface area (Å²) in [7, 11) is 0. The average Bonchev–Trinajstić information content (AvgIpc) is 3.10. The lowest BCUT2D eigenvalue weighted by molar-refractivity contribution is -0.135. The monoisotopic (exact) mass is 266 g/mol. The van der Waals surface area contributed by atoms with Crippen molar-refractivity contribution < 1.29 is 19.1 Å². The van der Waals surface area contributed by atoms with Crippen LogP contribution in [-0.2, 0) is 14.3 Å². The Kier molecular flexibility index (Phi) is 3.16. The number of imide groups is 1. The van der Waals surface area contributed by atoms with Gasteiger partial charge in [0.25, 0.3) is 5.91 Å². The van der Waals surface area contributed by atoms with Gasteiger partial charge >= 0.3 is 6.09 Å². The van der Waals surface area contributed by atoms with Crippen molar-refractivity contribution in [3.05, 3.63) is 0 Å². The van der Waals surface area contributed by atoms with Crippen LogP contribution in [0.3, 0.4) is 0 Å². The van der Waals surface area contributed by atoms with Crippen molar-refractivity contribution in [2.45, 2.75) is 38.1 Å². The van der Waals surface area contributed by atoms with Crippen molar-refractivity contribution in [1.82, 2.24) is 9.80 Å². The van der Waals surface area contributed by atoms with E-state index in [0.717, 1.165) is 25.7 Å². The smallest absolute Gasteiger partial charge is 0.417 e. The molecule has 2 saturated heterocycles. The lowest BCUT2D eigenvalue weighted by Crippen LogP contribution is -2.42. The summed E-state index contributed by atoms with van der Waals surface area (Å²) < 4.78 is 4.72. The lowest BCUT2D eigenvalue weighted by atomic mass is 10.1. The summed E-state index contributed by atoms with van der Waals surface area (Å²) in [6.45, 7) is 0.944. The van der Waals surface area contributed by atoms with E-state index in [2.05, 4.69) is 0 Å². The Morgan fingerprint density at radius 3 is 2.53 bits per heavy atom. The Morgan fingerprint density at radius 2 is 1.89 bits per heavy atom. The predicted molar refractivity (Wildman–Crippen MR) is 65.1 cm³/mol. The van der Waals surface area contributed by atoms with Crippen molar-refractivity contribution in [1.29, 1.82) is 0 Å². The van der Waals surface area contributed by atoms with Crippen LogP contribution in [0.2, 0.25) is 0 Å². The van der Waals surface area contributed by atoms with Crippen molar-refractivity contribution >= 4 is 17.9 Å². The fourth-order valence-electron chi connectivity index (χ4n) is 3.30. The van der Waals surface area contributed by atoms with Crippen molar-refractivity contribution in [2.75, 3.05) is 19.7 Å². The number of amides is 3. The van der Waals surface area contributed by atoms with E-state index in [1.165, 1.54) is 4.90 Å². The number of likely N-dealkylation sites (tertiary alicyclic amines) is 1. The van der Waals surface area contributed by atoms with Crippen molar-refractivity contribution in [3.63, 3.8) is 0 Å². The van der Waals surface area contributed by atoms with Crippen LogP contribution in [0.4, 0.5) is 4.79 Å². The van der Waals surface area contributed by atoms with E-state index in [1.807, 2.05) is 0 Å². The zero-order chi connectivity index (χ0) is 13.4. The molecule has 3 amide bonds. The summed E-state index contributed by atoms with van der Waals surface area (Å²) >= 11 is 0. The van der Waals surface area contributed by atoms with E-state index in [1.54, 1.807) is 4.90 Å². The largest absolute Gasteiger partial charge is 0.439 e. The highest BCUT2D eigenvalue weighted by atomic mass is 16.6. The highest BCUT2D eigenvalue weighted by Crippen LogP contribution is 2.29. The van der Waals surface area contributed by atoms with Gasteiger partial charge in [-0.15, -0.1) is 0 Å². The Hall–Kier alpha value is -1.59. The molecule has 2 heterocycles. The standard InChI is InChI=1S/C13H18N2O4/c16-11-8-19-13(18)15(11)10-5-6-14(7-10)12(17)9-3-1-2-4-9/h9-10H,1-8H2/t10-/m1/s1. The van der Waals surface area contributed by atoms with E-state index in [9.17, 15) is 14.4 Å². The molecule has 0 spiro atoms. The number of rotatable bonds is 2. The lowest BCUT2D eigenvalue weighted by Gasteiger charge is -2.22. The van der Waals surface area contributed by atoms with Gasteiger partial charge in [-0.25, -0.2) is 9.69 Å². The summed E-state index contributed by atoms with van der Waals surface area (Å²) in [5.41, 5.74) is 0. The van der Waals surface area contributed by atoms with E-state index < -0.39 is 6.09 Å². The molecule has 0 aromatic rings. The van der Waals surface area contributed by atoms with Gasteiger partial charge in [-0.1, -0.05) is 12.8 Å². The third kappa shape index (κ3) is 2.19. The number of hydrogen-bond donors (Lipinski definition) is 0. The van der Waals surface area contributed by atoms with Crippen molar-refractivity contribution in [2.24, 2.45) is 5.92 Å². The minimum absolute atomic E-state index is 0.153. The van der Waals surface area contributed by atoms with Crippen LogP contribution in [-0.4, -0.2) is 53.4 Å². The first kappa shape index (κ1) is 12.4. The Bertz CT molecular complexity index is 401. The molecular weight excluding hydrogens is 248 g/mol. The van der Waals surface area contributed by atoms with Gasteiger partial charge in [0.2, 0.25) is 5.91 Å². The highest BCUT2D eigenvalue weighted by Gasteiger charge is 2.42. The maximum absolute atomic E-state index is 12.3. The molecule has 0 unspecified atom stereocenters. The Balaban J connectivity index is 1.62. The maximum Gasteiger partial charge on any atom is 0.417 e. The van der Waals surface area contributed by atoms with Gasteiger partial charge in [0.05, 0.1) is 6.04 Å². The summed E-state index contributed by atoms with van der Waals surface area (Å²) in [5, 5.41) is 0. The minimum Gasteiger partial charge on any atom is -0.439 e.